The van der Waals surface area contributed by atoms with Gasteiger partial charge in [0.05, 0.1) is 28.2 Å². The molecule has 8 rings (SSSR count). The highest BCUT2D eigenvalue weighted by Gasteiger charge is 2.35. The second-order valence-corrected chi connectivity index (χ2v) is 14.0. The van der Waals surface area contributed by atoms with Crippen molar-refractivity contribution in [3.63, 3.8) is 0 Å². The van der Waals surface area contributed by atoms with E-state index in [4.69, 9.17) is 0 Å². The van der Waals surface area contributed by atoms with Crippen LogP contribution >= 0.6 is 63.7 Å². The van der Waals surface area contributed by atoms with Gasteiger partial charge in [-0.1, -0.05) is 69.8 Å². The van der Waals surface area contributed by atoms with E-state index in [1.807, 2.05) is 42.5 Å². The van der Waals surface area contributed by atoms with Crippen LogP contribution in [0, 0.1) is 0 Å². The smallest absolute Gasteiger partial charge is 0.214 e. The zero-order chi connectivity index (χ0) is 30.9. The fourth-order valence-electron chi connectivity index (χ4n) is 5.57. The van der Waals surface area contributed by atoms with Gasteiger partial charge in [-0.15, -0.1) is 0 Å². The van der Waals surface area contributed by atoms with Gasteiger partial charge in [0.2, 0.25) is 11.6 Å². The number of anilines is 1. The van der Waals surface area contributed by atoms with E-state index in [-0.39, 0.29) is 28.9 Å². The first-order valence-electron chi connectivity index (χ1n) is 13.2. The Morgan fingerprint density at radius 1 is 0.682 bits per heavy atom. The summed E-state index contributed by atoms with van der Waals surface area (Å²) in [5.41, 5.74) is 6.54. The Morgan fingerprint density at radius 2 is 1.32 bits per heavy atom. The van der Waals surface area contributed by atoms with Crippen LogP contribution in [-0.2, 0) is 6.42 Å². The first-order valence-corrected chi connectivity index (χ1v) is 16.4. The van der Waals surface area contributed by atoms with Crippen LogP contribution in [0.2, 0.25) is 0 Å². The molecule has 0 atom stereocenters. The molecule has 0 bridgehead atoms. The first kappa shape index (κ1) is 29.1. The topological polar surface area (TPSA) is 112 Å². The van der Waals surface area contributed by atoms with Crippen molar-refractivity contribution >= 4 is 109 Å². The van der Waals surface area contributed by atoms with Crippen LogP contribution in [0.15, 0.2) is 107 Å². The summed E-state index contributed by atoms with van der Waals surface area (Å²) in [5.74, 6) is -0.406. The number of H-pyrrole nitrogens is 1. The van der Waals surface area contributed by atoms with Crippen LogP contribution in [0.4, 0.5) is 11.4 Å². The summed E-state index contributed by atoms with van der Waals surface area (Å²) in [7, 11) is 0. The van der Waals surface area contributed by atoms with Gasteiger partial charge in [0.15, 0.2) is 11.7 Å². The minimum atomic E-state index is -0.179. The number of nitrogens with one attached hydrogen (secondary N) is 2. The molecule has 0 amide bonds. The lowest BCUT2D eigenvalue weighted by Gasteiger charge is -2.02. The average molecular weight is 839 g/mol. The fraction of sp³-hybridized carbons (Fsp3) is 0.0303. The Labute approximate surface area is 284 Å². The zero-order valence-electron chi connectivity index (χ0n) is 22.3. The Bertz CT molecular complexity index is 2130. The number of aliphatic imine (C=N–C) groups is 1. The molecule has 1 aliphatic carbocycles. The Kier molecular flexibility index (Phi) is 7.31. The average Bonchev–Trinajstić information content (AvgIpc) is 3.68. The van der Waals surface area contributed by atoms with E-state index in [1.54, 1.807) is 30.3 Å². The third-order valence-electron chi connectivity index (χ3n) is 7.60. The van der Waals surface area contributed by atoms with Crippen LogP contribution in [0.25, 0.3) is 10.9 Å². The molecule has 0 fully saturated rings. The second kappa shape index (κ2) is 11.1. The molecule has 2 aliphatic heterocycles. The highest BCUT2D eigenvalue weighted by Crippen LogP contribution is 2.38. The molecule has 3 heterocycles. The Balaban J connectivity index is 0.000000142. The second-order valence-electron chi connectivity index (χ2n) is 10.3. The van der Waals surface area contributed by atoms with Gasteiger partial charge in [-0.25, -0.2) is 4.99 Å². The molecule has 0 spiro atoms. The van der Waals surface area contributed by atoms with Crippen molar-refractivity contribution in [2.45, 2.75) is 6.42 Å². The Hall–Kier alpha value is -3.64. The molecule has 5 aromatic rings. The summed E-state index contributed by atoms with van der Waals surface area (Å²) in [6.07, 6.45) is 0.483. The maximum Gasteiger partial charge on any atom is 0.214 e. The normalized spacial score (nSPS) is 16.4. The maximum absolute atomic E-state index is 12.6. The van der Waals surface area contributed by atoms with Crippen molar-refractivity contribution in [2.75, 3.05) is 5.32 Å². The number of allylic oxidation sites excluding steroid dienone is 2. The molecule has 0 radical (unpaired) electrons. The summed E-state index contributed by atoms with van der Waals surface area (Å²) >= 11 is 13.6. The summed E-state index contributed by atoms with van der Waals surface area (Å²) in [5, 5.41) is 14.1. The standard InChI is InChI=1S/C17H9Br2NO2.C16H8Br2N2O2/c18-9-1-3-11-8(5-9)6-13(16(11)21)15-17(22)12-4-2-10(19)7-14(12)20-15;17-7-1-3-9-11(5-7)20-16(22)13(9)14-15(21)10-4-2-8(18)6-12(10)19-14/h1-5,7,20H,6H2;1-6,20,22H/b15-13-;. The van der Waals surface area contributed by atoms with Gasteiger partial charge in [0.1, 0.15) is 5.71 Å². The highest BCUT2D eigenvalue weighted by molar-refractivity contribution is 9.11. The zero-order valence-corrected chi connectivity index (χ0v) is 28.6. The number of benzene rings is 4. The number of ketones is 3. The minimum Gasteiger partial charge on any atom is -0.494 e. The minimum absolute atomic E-state index is 0.0490. The number of aromatic amines is 1. The number of aromatic hydroxyl groups is 1. The molecule has 1 aromatic heterocycles. The molecule has 0 saturated heterocycles. The Morgan fingerprint density at radius 3 is 2.09 bits per heavy atom. The summed E-state index contributed by atoms with van der Waals surface area (Å²) in [6.45, 7) is 0. The van der Waals surface area contributed by atoms with E-state index in [2.05, 4.69) is 79.0 Å². The number of hydrogen-bond donors (Lipinski definition) is 3. The quantitative estimate of drug-likeness (QED) is 0.146. The van der Waals surface area contributed by atoms with Crippen LogP contribution in [0.1, 0.15) is 42.2 Å². The number of rotatable bonds is 1. The largest absolute Gasteiger partial charge is 0.494 e. The lowest BCUT2D eigenvalue weighted by Crippen LogP contribution is -2.10. The van der Waals surface area contributed by atoms with Crippen LogP contribution < -0.4 is 5.32 Å². The third kappa shape index (κ3) is 4.92. The maximum atomic E-state index is 12.6. The van der Waals surface area contributed by atoms with Crippen molar-refractivity contribution in [3.05, 3.63) is 130 Å². The predicted molar refractivity (Wildman–Crippen MR) is 184 cm³/mol. The van der Waals surface area contributed by atoms with Crippen LogP contribution in [-0.4, -0.2) is 33.2 Å². The number of hydrogen-bond acceptors (Lipinski definition) is 6. The van der Waals surface area contributed by atoms with Crippen molar-refractivity contribution in [3.8, 4) is 5.88 Å². The highest BCUT2D eigenvalue weighted by atomic mass is 79.9. The third-order valence-corrected chi connectivity index (χ3v) is 9.57. The number of carbonyl (C=O) groups excluding carboxylic acids is 3. The van der Waals surface area contributed by atoms with E-state index < -0.39 is 0 Å². The van der Waals surface area contributed by atoms with Gasteiger partial charge < -0.3 is 15.4 Å². The van der Waals surface area contributed by atoms with E-state index >= 15 is 0 Å². The van der Waals surface area contributed by atoms with E-state index in [1.165, 1.54) is 0 Å². The van der Waals surface area contributed by atoms with Crippen LogP contribution in [0.3, 0.4) is 0 Å². The number of fused-ring (bicyclic) bond motifs is 4. The lowest BCUT2D eigenvalue weighted by molar-refractivity contribution is 0.101. The number of halogens is 4. The monoisotopic (exact) mass is 835 g/mol. The van der Waals surface area contributed by atoms with E-state index in [9.17, 15) is 19.5 Å². The predicted octanol–water partition coefficient (Wildman–Crippen LogP) is 9.23. The van der Waals surface area contributed by atoms with Gasteiger partial charge in [-0.3, -0.25) is 14.4 Å². The number of aromatic nitrogens is 1. The number of Topliss-reactive ketones (excluding diaryl/α,β-unsaturated/α-hetero) is 3. The van der Waals surface area contributed by atoms with E-state index in [0.29, 0.717) is 45.6 Å². The van der Waals surface area contributed by atoms with Gasteiger partial charge >= 0.3 is 0 Å². The molecule has 3 aliphatic rings. The SMILES string of the molecule is O=C1/C(=C2\Nc3cc(Br)ccc3C2=O)Cc2cc(Br)ccc21.O=C1C(c2c(O)[nH]c3cc(Br)ccc23)=Nc2cc(Br)ccc21. The molecule has 3 N–H and O–H groups in total. The molecule has 7 nitrogen and oxygen atoms in total. The lowest BCUT2D eigenvalue weighted by atomic mass is 10.0. The molecule has 216 valence electrons. The first-order chi connectivity index (χ1) is 21.1. The molecule has 44 heavy (non-hydrogen) atoms. The summed E-state index contributed by atoms with van der Waals surface area (Å²) < 4.78 is 3.57. The van der Waals surface area contributed by atoms with Gasteiger partial charge in [0.25, 0.3) is 0 Å². The van der Waals surface area contributed by atoms with Gasteiger partial charge in [0, 0.05) is 52.0 Å². The molecule has 11 heteroatoms. The number of nitrogens with zero attached hydrogens (tertiary/aromatic N) is 1. The molecule has 0 saturated carbocycles. The fourth-order valence-corrected chi connectivity index (χ4v) is 7.05. The van der Waals surface area contributed by atoms with Crippen molar-refractivity contribution in [2.24, 2.45) is 4.99 Å². The molecule has 4 aromatic carbocycles. The number of carbonyl (C=O) groups is 3. The van der Waals surface area contributed by atoms with Crippen molar-refractivity contribution < 1.29 is 19.5 Å². The van der Waals surface area contributed by atoms with Gasteiger partial charge in [-0.2, -0.15) is 0 Å². The summed E-state index contributed by atoms with van der Waals surface area (Å²) in [6, 6.07) is 21.9. The van der Waals surface area contributed by atoms with E-state index in [0.717, 1.165) is 40.0 Å². The van der Waals surface area contributed by atoms with Gasteiger partial charge in [-0.05, 0) is 72.3 Å². The molecule has 0 unspecified atom stereocenters. The van der Waals surface area contributed by atoms with Crippen LogP contribution in [0.5, 0.6) is 5.88 Å². The van der Waals surface area contributed by atoms with Crippen molar-refractivity contribution in [1.82, 2.24) is 4.98 Å². The summed E-state index contributed by atoms with van der Waals surface area (Å²) in [4.78, 5) is 45.0. The van der Waals surface area contributed by atoms with Crippen molar-refractivity contribution in [1.29, 1.82) is 0 Å². The molecular weight excluding hydrogens is 822 g/mol. The molecular formula is C33H17Br4N3O4.